The van der Waals surface area contributed by atoms with Gasteiger partial charge in [-0.25, -0.2) is 4.98 Å². The predicted octanol–water partition coefficient (Wildman–Crippen LogP) is 6.35. The number of carbonyl (C=O) groups excluding carboxylic acids is 1. The Morgan fingerprint density at radius 2 is 2.00 bits per heavy atom. The zero-order chi connectivity index (χ0) is 20.1. The number of rotatable bonds is 6. The lowest BCUT2D eigenvalue weighted by atomic mass is 9.98. The van der Waals surface area contributed by atoms with Gasteiger partial charge in [-0.3, -0.25) is 4.79 Å². The molecule has 0 amide bonds. The van der Waals surface area contributed by atoms with E-state index in [-0.39, 0.29) is 12.4 Å². The van der Waals surface area contributed by atoms with Crippen LogP contribution in [0.2, 0.25) is 5.02 Å². The Morgan fingerprint density at radius 1 is 1.25 bits per heavy atom. The van der Waals surface area contributed by atoms with E-state index in [4.69, 9.17) is 21.3 Å². The van der Waals surface area contributed by atoms with E-state index < -0.39 is 0 Å². The Balaban J connectivity index is 2.17. The van der Waals surface area contributed by atoms with Crippen molar-refractivity contribution in [3.63, 3.8) is 0 Å². The van der Waals surface area contributed by atoms with E-state index in [0.29, 0.717) is 10.7 Å². The first kappa shape index (κ1) is 20.1. The first-order chi connectivity index (χ1) is 13.5. The molecule has 3 aromatic rings. The molecule has 0 saturated heterocycles. The van der Waals surface area contributed by atoms with E-state index in [1.54, 1.807) is 6.08 Å². The molecule has 142 valence electrons. The lowest BCUT2D eigenvalue weighted by Crippen LogP contribution is -2.02. The summed E-state index contributed by atoms with van der Waals surface area (Å²) in [5.74, 6) is -0.268. The molecule has 2 aromatic heterocycles. The number of carbonyl (C=O) groups is 1. The fraction of sp³-hybridized carbons (Fsp3) is 0.130. The van der Waals surface area contributed by atoms with Crippen molar-refractivity contribution in [1.29, 1.82) is 0 Å². The molecule has 3 nitrogen and oxygen atoms in total. The van der Waals surface area contributed by atoms with Gasteiger partial charge in [0, 0.05) is 10.4 Å². The van der Waals surface area contributed by atoms with Gasteiger partial charge in [-0.1, -0.05) is 60.7 Å². The van der Waals surface area contributed by atoms with Gasteiger partial charge in [0.15, 0.2) is 0 Å². The molecule has 3 rings (SSSR count). The predicted molar refractivity (Wildman–Crippen MR) is 118 cm³/mol. The molecule has 0 radical (unpaired) electrons. The highest BCUT2D eigenvalue weighted by Gasteiger charge is 2.19. The maximum absolute atomic E-state index is 11.6. The molecule has 2 heterocycles. The van der Waals surface area contributed by atoms with Crippen LogP contribution in [0, 0.1) is 6.92 Å². The fourth-order valence-corrected chi connectivity index (χ4v) is 4.35. The summed E-state index contributed by atoms with van der Waals surface area (Å²) < 4.78 is 4.76. The van der Waals surface area contributed by atoms with Gasteiger partial charge < -0.3 is 4.74 Å². The number of esters is 1. The zero-order valence-electron chi connectivity index (χ0n) is 15.7. The van der Waals surface area contributed by atoms with Crippen molar-refractivity contribution in [3.05, 3.63) is 82.4 Å². The van der Waals surface area contributed by atoms with Gasteiger partial charge in [0.2, 0.25) is 0 Å². The average molecular weight is 410 g/mol. The van der Waals surface area contributed by atoms with Crippen molar-refractivity contribution in [2.75, 3.05) is 7.11 Å². The number of ether oxygens (including phenoxy) is 1. The maximum atomic E-state index is 11.6. The average Bonchev–Trinajstić information content (AvgIpc) is 3.16. The molecule has 0 atom stereocenters. The number of methoxy groups -OCH3 is 1. The molecule has 0 saturated carbocycles. The van der Waals surface area contributed by atoms with Gasteiger partial charge in [-0.2, -0.15) is 0 Å². The molecule has 0 aliphatic heterocycles. The number of aromatic nitrogens is 1. The monoisotopic (exact) mass is 409 g/mol. The summed E-state index contributed by atoms with van der Waals surface area (Å²) in [6, 6.07) is 13.9. The highest BCUT2D eigenvalue weighted by atomic mass is 35.5. The lowest BCUT2D eigenvalue weighted by Gasteiger charge is -2.14. The smallest absolute Gasteiger partial charge is 0.310 e. The molecule has 0 aliphatic carbocycles. The van der Waals surface area contributed by atoms with Crippen molar-refractivity contribution in [2.24, 2.45) is 0 Å². The molecular formula is C23H20ClNO2S. The van der Waals surface area contributed by atoms with Crippen LogP contribution in [0.15, 0.2) is 61.2 Å². The maximum Gasteiger partial charge on any atom is 0.310 e. The minimum atomic E-state index is -0.268. The van der Waals surface area contributed by atoms with Crippen molar-refractivity contribution < 1.29 is 9.53 Å². The van der Waals surface area contributed by atoms with Crippen LogP contribution >= 0.6 is 22.9 Å². The Morgan fingerprint density at radius 3 is 2.68 bits per heavy atom. The van der Waals surface area contributed by atoms with Crippen LogP contribution in [0.4, 0.5) is 0 Å². The Labute approximate surface area is 174 Å². The fourth-order valence-electron chi connectivity index (χ4n) is 2.91. The van der Waals surface area contributed by atoms with E-state index >= 15 is 0 Å². The first-order valence-corrected chi connectivity index (χ1v) is 9.95. The number of nitrogens with zero attached hydrogens (tertiary/aromatic N) is 1. The minimum Gasteiger partial charge on any atom is -0.469 e. The van der Waals surface area contributed by atoms with Crippen LogP contribution < -0.4 is 0 Å². The second-order valence-electron chi connectivity index (χ2n) is 6.14. The lowest BCUT2D eigenvalue weighted by molar-refractivity contribution is -0.139. The highest BCUT2D eigenvalue weighted by molar-refractivity contribution is 7.15. The van der Waals surface area contributed by atoms with Gasteiger partial charge in [0.25, 0.3) is 0 Å². The van der Waals surface area contributed by atoms with Gasteiger partial charge in [-0.05, 0) is 36.3 Å². The first-order valence-electron chi connectivity index (χ1n) is 8.75. The van der Waals surface area contributed by atoms with Crippen LogP contribution in [0.1, 0.15) is 16.1 Å². The second-order valence-corrected chi connectivity index (χ2v) is 7.69. The van der Waals surface area contributed by atoms with E-state index in [1.165, 1.54) is 18.4 Å². The molecule has 0 unspecified atom stereocenters. The second kappa shape index (κ2) is 9.00. The number of allylic oxidation sites excluding steroid dienone is 2. The van der Waals surface area contributed by atoms with Crippen LogP contribution in [-0.4, -0.2) is 18.1 Å². The van der Waals surface area contributed by atoms with Crippen LogP contribution in [-0.2, 0) is 16.0 Å². The van der Waals surface area contributed by atoms with Gasteiger partial charge in [0.1, 0.15) is 5.69 Å². The summed E-state index contributed by atoms with van der Waals surface area (Å²) in [6.45, 7) is 5.76. The van der Waals surface area contributed by atoms with Crippen molar-refractivity contribution in [1.82, 2.24) is 4.98 Å². The Hall–Kier alpha value is -2.69. The third-order valence-electron chi connectivity index (χ3n) is 4.31. The van der Waals surface area contributed by atoms with Gasteiger partial charge in [-0.15, -0.1) is 11.3 Å². The van der Waals surface area contributed by atoms with Crippen molar-refractivity contribution in [2.45, 2.75) is 13.3 Å². The number of benzene rings is 1. The van der Waals surface area contributed by atoms with Gasteiger partial charge in [0.05, 0.1) is 29.1 Å². The normalized spacial score (nSPS) is 11.0. The molecule has 0 N–H and O–H groups in total. The van der Waals surface area contributed by atoms with E-state index in [9.17, 15) is 4.79 Å². The Bertz CT molecular complexity index is 1040. The Kier molecular flexibility index (Phi) is 6.45. The number of hydrogen-bond acceptors (Lipinski definition) is 4. The molecule has 0 fully saturated rings. The summed E-state index contributed by atoms with van der Waals surface area (Å²) in [7, 11) is 1.39. The van der Waals surface area contributed by atoms with Crippen molar-refractivity contribution in [3.8, 4) is 21.7 Å². The molecule has 28 heavy (non-hydrogen) atoms. The summed E-state index contributed by atoms with van der Waals surface area (Å²) >= 11 is 8.33. The molecule has 0 spiro atoms. The molecule has 0 bridgehead atoms. The third kappa shape index (κ3) is 4.24. The number of pyridine rings is 1. The number of halogens is 1. The van der Waals surface area contributed by atoms with Gasteiger partial charge >= 0.3 is 5.97 Å². The topological polar surface area (TPSA) is 39.2 Å². The SMILES string of the molecule is C=C/C=C\c1nc(-c2ccc(CC(=O)OC)s2)c(Cl)c(-c2ccccc2)c1C. The summed E-state index contributed by atoms with van der Waals surface area (Å²) in [5, 5.41) is 0.603. The summed E-state index contributed by atoms with van der Waals surface area (Å²) in [5.41, 5.74) is 4.54. The van der Waals surface area contributed by atoms with Crippen LogP contribution in [0.5, 0.6) is 0 Å². The minimum absolute atomic E-state index is 0.236. The van der Waals surface area contributed by atoms with E-state index in [2.05, 4.69) is 6.58 Å². The molecular weight excluding hydrogens is 390 g/mol. The summed E-state index contributed by atoms with van der Waals surface area (Å²) in [6.07, 6.45) is 5.74. The zero-order valence-corrected chi connectivity index (χ0v) is 17.3. The third-order valence-corrected chi connectivity index (χ3v) is 5.77. The molecule has 5 heteroatoms. The van der Waals surface area contributed by atoms with E-state index in [1.807, 2.05) is 61.5 Å². The van der Waals surface area contributed by atoms with Crippen molar-refractivity contribution >= 4 is 35.0 Å². The highest BCUT2D eigenvalue weighted by Crippen LogP contribution is 2.41. The van der Waals surface area contributed by atoms with E-state index in [0.717, 1.165) is 32.1 Å². The number of hydrogen-bond donors (Lipinski definition) is 0. The largest absolute Gasteiger partial charge is 0.469 e. The van der Waals surface area contributed by atoms with Crippen LogP contribution in [0.25, 0.3) is 27.8 Å². The standard InChI is InChI=1S/C23H20ClNO2S/c1-4-5-11-18-15(2)21(16-9-7-6-8-10-16)22(24)23(25-18)19-13-12-17(28-19)14-20(26)27-3/h4-13H,1,14H2,2-3H3/b11-5-. The molecule has 1 aromatic carbocycles. The van der Waals surface area contributed by atoms with Crippen LogP contribution in [0.3, 0.4) is 0 Å². The quantitative estimate of drug-likeness (QED) is 0.351. The molecule has 0 aliphatic rings. The number of thiophene rings is 1. The summed E-state index contributed by atoms with van der Waals surface area (Å²) in [4.78, 5) is 18.2.